The predicted octanol–water partition coefficient (Wildman–Crippen LogP) is 2.57. The molecule has 2 heterocycles. The van der Waals surface area contributed by atoms with E-state index in [9.17, 15) is 4.79 Å². The molecule has 1 aliphatic heterocycles. The summed E-state index contributed by atoms with van der Waals surface area (Å²) in [4.78, 5) is 16.0. The number of nitrogens with zero attached hydrogens (tertiary/aromatic N) is 1. The number of amides is 2. The van der Waals surface area contributed by atoms with Crippen LogP contribution in [0.25, 0.3) is 0 Å². The molecule has 2 N–H and O–H groups in total. The second kappa shape index (κ2) is 6.70. The van der Waals surface area contributed by atoms with Gasteiger partial charge in [-0.2, -0.15) is 0 Å². The molecule has 2 atom stereocenters. The lowest BCUT2D eigenvalue weighted by atomic mass is 9.93. The number of anilines is 1. The first-order valence-electron chi connectivity index (χ1n) is 7.15. The van der Waals surface area contributed by atoms with Gasteiger partial charge in [0.25, 0.3) is 0 Å². The zero-order valence-corrected chi connectivity index (χ0v) is 12.3. The van der Waals surface area contributed by atoms with E-state index in [0.717, 1.165) is 18.7 Å². The summed E-state index contributed by atoms with van der Waals surface area (Å²) in [6.45, 7) is 7.66. The number of carbonyl (C=O) groups excluding carboxylic acids is 1. The monoisotopic (exact) mass is 277 g/mol. The summed E-state index contributed by atoms with van der Waals surface area (Å²) in [7, 11) is 0. The molecule has 0 unspecified atom stereocenters. The molecule has 2 rings (SSSR count). The Kier molecular flexibility index (Phi) is 4.95. The minimum absolute atomic E-state index is 0.190. The summed E-state index contributed by atoms with van der Waals surface area (Å²) in [6.07, 6.45) is 2.91. The van der Waals surface area contributed by atoms with Crippen LogP contribution in [0.15, 0.2) is 18.3 Å². The van der Waals surface area contributed by atoms with Gasteiger partial charge in [0.15, 0.2) is 0 Å². The first kappa shape index (κ1) is 14.8. The predicted molar refractivity (Wildman–Crippen MR) is 78.7 cm³/mol. The number of carbonyl (C=O) groups is 1. The molecule has 0 spiro atoms. The first-order valence-corrected chi connectivity index (χ1v) is 7.15. The van der Waals surface area contributed by atoms with Gasteiger partial charge >= 0.3 is 6.03 Å². The summed E-state index contributed by atoms with van der Waals surface area (Å²) in [5.41, 5.74) is 1.63. The number of aromatic nitrogens is 1. The maximum Gasteiger partial charge on any atom is 0.319 e. The first-order chi connectivity index (χ1) is 9.56. The number of hydrogen-bond acceptors (Lipinski definition) is 3. The summed E-state index contributed by atoms with van der Waals surface area (Å²) < 4.78 is 5.71. The van der Waals surface area contributed by atoms with Crippen LogP contribution in [-0.2, 0) is 4.74 Å². The third-order valence-corrected chi connectivity index (χ3v) is 3.61. The molecule has 110 valence electrons. The molecule has 5 heteroatoms. The number of nitrogens with one attached hydrogen (secondary N) is 2. The van der Waals surface area contributed by atoms with Gasteiger partial charge in [-0.3, -0.25) is 4.98 Å². The molecule has 1 saturated heterocycles. The Hall–Kier alpha value is -1.62. The molecule has 5 nitrogen and oxygen atoms in total. The van der Waals surface area contributed by atoms with Crippen molar-refractivity contribution in [2.24, 2.45) is 11.8 Å². The number of pyridine rings is 1. The van der Waals surface area contributed by atoms with Gasteiger partial charge in [0.2, 0.25) is 0 Å². The van der Waals surface area contributed by atoms with Crippen LogP contribution in [0.5, 0.6) is 0 Å². The zero-order valence-electron chi connectivity index (χ0n) is 12.3. The SMILES string of the molecule is Cc1ccc(NC(=O)NC[C@H]2CCO[C@H]2C(C)C)cn1. The lowest BCUT2D eigenvalue weighted by Gasteiger charge is -2.22. The van der Waals surface area contributed by atoms with E-state index in [-0.39, 0.29) is 12.1 Å². The highest BCUT2D eigenvalue weighted by Gasteiger charge is 2.30. The summed E-state index contributed by atoms with van der Waals surface area (Å²) in [5, 5.41) is 5.70. The summed E-state index contributed by atoms with van der Waals surface area (Å²) in [5.74, 6) is 0.880. The number of ether oxygens (including phenoxy) is 1. The Labute approximate surface area is 120 Å². The van der Waals surface area contributed by atoms with Gasteiger partial charge in [0.1, 0.15) is 0 Å². The average Bonchev–Trinajstić information content (AvgIpc) is 2.88. The highest BCUT2D eigenvalue weighted by atomic mass is 16.5. The van der Waals surface area contributed by atoms with Gasteiger partial charge in [-0.1, -0.05) is 13.8 Å². The molecule has 2 amide bonds. The van der Waals surface area contributed by atoms with E-state index < -0.39 is 0 Å². The normalized spacial score (nSPS) is 22.0. The molecule has 1 aromatic rings. The van der Waals surface area contributed by atoms with Gasteiger partial charge in [-0.05, 0) is 31.4 Å². The topological polar surface area (TPSA) is 63.2 Å². The van der Waals surface area contributed by atoms with E-state index >= 15 is 0 Å². The van der Waals surface area contributed by atoms with Gasteiger partial charge in [-0.15, -0.1) is 0 Å². The van der Waals surface area contributed by atoms with Crippen molar-refractivity contribution < 1.29 is 9.53 Å². The highest BCUT2D eigenvalue weighted by Crippen LogP contribution is 2.26. The minimum atomic E-state index is -0.190. The van der Waals surface area contributed by atoms with Crippen LogP contribution < -0.4 is 10.6 Å². The number of rotatable bonds is 4. The third kappa shape index (κ3) is 3.93. The molecule has 0 bridgehead atoms. The van der Waals surface area contributed by atoms with E-state index in [1.165, 1.54) is 0 Å². The van der Waals surface area contributed by atoms with Crippen LogP contribution in [-0.4, -0.2) is 30.3 Å². The molecule has 1 aliphatic rings. The van der Waals surface area contributed by atoms with Crippen molar-refractivity contribution in [1.29, 1.82) is 0 Å². The van der Waals surface area contributed by atoms with Crippen LogP contribution in [0.2, 0.25) is 0 Å². The molecular formula is C15H23N3O2. The number of urea groups is 1. The van der Waals surface area contributed by atoms with E-state index in [0.29, 0.717) is 24.1 Å². The maximum absolute atomic E-state index is 11.8. The van der Waals surface area contributed by atoms with E-state index in [1.807, 2.05) is 19.1 Å². The molecular weight excluding hydrogens is 254 g/mol. The Bertz CT molecular complexity index is 445. The second-order valence-corrected chi connectivity index (χ2v) is 5.65. The van der Waals surface area contributed by atoms with Crippen molar-refractivity contribution in [2.45, 2.75) is 33.3 Å². The van der Waals surface area contributed by atoms with Crippen LogP contribution >= 0.6 is 0 Å². The minimum Gasteiger partial charge on any atom is -0.378 e. The summed E-state index contributed by atoms with van der Waals surface area (Å²) in [6, 6.07) is 3.53. The van der Waals surface area contributed by atoms with Crippen molar-refractivity contribution >= 4 is 11.7 Å². The average molecular weight is 277 g/mol. The van der Waals surface area contributed by atoms with E-state index in [4.69, 9.17) is 4.74 Å². The van der Waals surface area contributed by atoms with Crippen LogP contribution in [0.1, 0.15) is 26.0 Å². The van der Waals surface area contributed by atoms with Crippen LogP contribution in [0.4, 0.5) is 10.5 Å². The van der Waals surface area contributed by atoms with Gasteiger partial charge in [0, 0.05) is 24.8 Å². The molecule has 0 saturated carbocycles. The standard InChI is InChI=1S/C15H23N3O2/c1-10(2)14-12(6-7-20-14)8-17-15(19)18-13-5-4-11(3)16-9-13/h4-5,9-10,12,14H,6-8H2,1-3H3,(H2,17,18,19)/t12-,14+/m1/s1. The Morgan fingerprint density at radius 3 is 2.95 bits per heavy atom. The van der Waals surface area contributed by atoms with Gasteiger partial charge < -0.3 is 15.4 Å². The summed E-state index contributed by atoms with van der Waals surface area (Å²) >= 11 is 0. The molecule has 0 aromatic carbocycles. The van der Waals surface area contributed by atoms with Gasteiger partial charge in [0.05, 0.1) is 18.0 Å². The third-order valence-electron chi connectivity index (χ3n) is 3.61. The van der Waals surface area contributed by atoms with Gasteiger partial charge in [-0.25, -0.2) is 4.79 Å². The Morgan fingerprint density at radius 1 is 1.50 bits per heavy atom. The molecule has 0 radical (unpaired) electrons. The van der Waals surface area contributed by atoms with Crippen LogP contribution in [0, 0.1) is 18.8 Å². The van der Waals surface area contributed by atoms with E-state index in [2.05, 4.69) is 29.5 Å². The zero-order chi connectivity index (χ0) is 14.5. The Morgan fingerprint density at radius 2 is 2.30 bits per heavy atom. The number of aryl methyl sites for hydroxylation is 1. The number of hydrogen-bond donors (Lipinski definition) is 2. The van der Waals surface area contributed by atoms with Crippen molar-refractivity contribution in [2.75, 3.05) is 18.5 Å². The molecule has 0 aliphatic carbocycles. The molecule has 1 fully saturated rings. The highest BCUT2D eigenvalue weighted by molar-refractivity contribution is 5.88. The second-order valence-electron chi connectivity index (χ2n) is 5.65. The lowest BCUT2D eigenvalue weighted by molar-refractivity contribution is 0.0546. The van der Waals surface area contributed by atoms with E-state index in [1.54, 1.807) is 6.20 Å². The Balaban J connectivity index is 1.79. The van der Waals surface area contributed by atoms with Crippen molar-refractivity contribution in [3.8, 4) is 0 Å². The molecule has 1 aromatic heterocycles. The molecule has 20 heavy (non-hydrogen) atoms. The maximum atomic E-state index is 11.8. The fourth-order valence-corrected chi connectivity index (χ4v) is 2.55. The van der Waals surface area contributed by atoms with Crippen molar-refractivity contribution in [1.82, 2.24) is 10.3 Å². The quantitative estimate of drug-likeness (QED) is 0.889. The largest absolute Gasteiger partial charge is 0.378 e. The van der Waals surface area contributed by atoms with Crippen LogP contribution in [0.3, 0.4) is 0 Å². The van der Waals surface area contributed by atoms with Crippen molar-refractivity contribution in [3.05, 3.63) is 24.0 Å². The fourth-order valence-electron chi connectivity index (χ4n) is 2.55. The lowest BCUT2D eigenvalue weighted by Crippen LogP contribution is -2.37. The smallest absolute Gasteiger partial charge is 0.319 e. The van der Waals surface area contributed by atoms with Crippen molar-refractivity contribution in [3.63, 3.8) is 0 Å². The fraction of sp³-hybridized carbons (Fsp3) is 0.600.